The zero-order valence-electron chi connectivity index (χ0n) is 17.2. The van der Waals surface area contributed by atoms with Crippen LogP contribution in [0.4, 0.5) is 0 Å². The number of ether oxygens (including phenoxy) is 5. The molecule has 3 atom stereocenters. The van der Waals surface area contributed by atoms with E-state index in [-0.39, 0.29) is 13.2 Å². The maximum atomic E-state index is 12.4. The largest absolute Gasteiger partial charge is 0.459 e. The summed E-state index contributed by atoms with van der Waals surface area (Å²) in [4.78, 5) is 24.9. The van der Waals surface area contributed by atoms with Crippen molar-refractivity contribution in [1.82, 2.24) is 0 Å². The highest BCUT2D eigenvalue weighted by atomic mass is 16.8. The predicted molar refractivity (Wildman–Crippen MR) is 107 cm³/mol. The van der Waals surface area contributed by atoms with Crippen LogP contribution >= 0.6 is 0 Å². The first kappa shape index (κ1) is 21.5. The molecule has 0 amide bonds. The lowest BCUT2D eigenvalue weighted by molar-refractivity contribution is -0.252. The molecule has 1 N–H and O–H groups in total. The Labute approximate surface area is 179 Å². The zero-order chi connectivity index (χ0) is 22.1. The molecule has 31 heavy (non-hydrogen) atoms. The molecule has 0 bridgehead atoms. The van der Waals surface area contributed by atoms with E-state index in [4.69, 9.17) is 23.7 Å². The van der Waals surface area contributed by atoms with Gasteiger partial charge in [0.2, 0.25) is 0 Å². The van der Waals surface area contributed by atoms with Crippen LogP contribution in [-0.4, -0.2) is 60.1 Å². The third-order valence-electron chi connectivity index (χ3n) is 5.20. The molecule has 2 aliphatic heterocycles. The Morgan fingerprint density at radius 3 is 1.77 bits per heavy atom. The quantitative estimate of drug-likeness (QED) is 0.700. The monoisotopic (exact) mass is 428 g/mol. The van der Waals surface area contributed by atoms with Gasteiger partial charge >= 0.3 is 11.9 Å². The number of esters is 2. The first-order valence-corrected chi connectivity index (χ1v) is 9.96. The van der Waals surface area contributed by atoms with Gasteiger partial charge in [-0.3, -0.25) is 0 Å². The summed E-state index contributed by atoms with van der Waals surface area (Å²) >= 11 is 0. The fourth-order valence-corrected chi connectivity index (χ4v) is 3.63. The number of carbonyl (C=O) groups is 2. The van der Waals surface area contributed by atoms with Crippen LogP contribution in [0.15, 0.2) is 60.7 Å². The Hall–Kier alpha value is -2.78. The molecule has 2 saturated heterocycles. The molecule has 2 aromatic rings. The normalized spacial score (nSPS) is 25.6. The number of rotatable bonds is 6. The Kier molecular flexibility index (Phi) is 5.81. The summed E-state index contributed by atoms with van der Waals surface area (Å²) in [6, 6.07) is 16.9. The van der Waals surface area contributed by atoms with Crippen molar-refractivity contribution in [3.63, 3.8) is 0 Å². The topological polar surface area (TPSA) is 101 Å². The molecule has 2 aliphatic rings. The van der Waals surface area contributed by atoms with Crippen LogP contribution in [0.3, 0.4) is 0 Å². The second-order valence-electron chi connectivity index (χ2n) is 7.98. The summed E-state index contributed by atoms with van der Waals surface area (Å²) in [6.07, 6.45) is -2.97. The highest BCUT2D eigenvalue weighted by molar-refractivity contribution is 5.90. The summed E-state index contributed by atoms with van der Waals surface area (Å²) in [5.41, 5.74) is -0.846. The highest BCUT2D eigenvalue weighted by Crippen LogP contribution is 2.42. The van der Waals surface area contributed by atoms with Gasteiger partial charge in [0.05, 0.1) is 11.1 Å². The van der Waals surface area contributed by atoms with E-state index in [2.05, 4.69) is 0 Å². The zero-order valence-corrected chi connectivity index (χ0v) is 17.2. The van der Waals surface area contributed by atoms with Gasteiger partial charge < -0.3 is 28.8 Å². The average Bonchev–Trinajstić information content (AvgIpc) is 3.21. The number of hydrogen-bond donors (Lipinski definition) is 1. The van der Waals surface area contributed by atoms with Crippen molar-refractivity contribution < 1.29 is 38.4 Å². The fourth-order valence-electron chi connectivity index (χ4n) is 3.63. The van der Waals surface area contributed by atoms with Crippen LogP contribution in [0.5, 0.6) is 0 Å². The van der Waals surface area contributed by atoms with E-state index in [1.807, 2.05) is 0 Å². The van der Waals surface area contributed by atoms with Crippen LogP contribution in [0.1, 0.15) is 34.6 Å². The summed E-state index contributed by atoms with van der Waals surface area (Å²) in [6.45, 7) is 2.69. The summed E-state index contributed by atoms with van der Waals surface area (Å²) in [7, 11) is 0. The van der Waals surface area contributed by atoms with Gasteiger partial charge in [0.15, 0.2) is 17.7 Å². The third kappa shape index (κ3) is 4.47. The van der Waals surface area contributed by atoms with Gasteiger partial charge in [-0.25, -0.2) is 9.59 Å². The Balaban J connectivity index is 1.50. The van der Waals surface area contributed by atoms with Crippen molar-refractivity contribution >= 4 is 11.9 Å². The van der Waals surface area contributed by atoms with Crippen molar-refractivity contribution in [2.45, 2.75) is 43.7 Å². The lowest BCUT2D eigenvalue weighted by Gasteiger charge is -2.33. The number of hydrogen-bond acceptors (Lipinski definition) is 8. The van der Waals surface area contributed by atoms with Gasteiger partial charge in [0.1, 0.15) is 25.4 Å². The van der Waals surface area contributed by atoms with Crippen molar-refractivity contribution in [2.75, 3.05) is 13.2 Å². The number of carbonyl (C=O) groups excluding carboxylic acids is 2. The smallest absolute Gasteiger partial charge is 0.338 e. The number of aliphatic hydroxyl groups is 1. The maximum Gasteiger partial charge on any atom is 0.338 e. The van der Waals surface area contributed by atoms with Crippen LogP contribution < -0.4 is 0 Å². The SMILES string of the molecule is CC1(C)OC2OC(COC(=O)c3ccccc3)(COC(=O)c3ccccc3)C(O)C2O1. The second-order valence-corrected chi connectivity index (χ2v) is 7.98. The van der Waals surface area contributed by atoms with E-state index in [9.17, 15) is 14.7 Å². The average molecular weight is 428 g/mol. The first-order chi connectivity index (χ1) is 14.8. The fraction of sp³-hybridized carbons (Fsp3) is 0.391. The molecule has 3 unspecified atom stereocenters. The van der Waals surface area contributed by atoms with Crippen molar-refractivity contribution in [3.8, 4) is 0 Å². The van der Waals surface area contributed by atoms with Crippen LogP contribution in [0.25, 0.3) is 0 Å². The lowest BCUT2D eigenvalue weighted by atomic mass is 9.97. The molecule has 8 heteroatoms. The van der Waals surface area contributed by atoms with E-state index < -0.39 is 41.8 Å². The Morgan fingerprint density at radius 2 is 1.32 bits per heavy atom. The molecule has 0 aromatic heterocycles. The summed E-state index contributed by atoms with van der Waals surface area (Å²) < 4.78 is 28.2. The number of fused-ring (bicyclic) bond motifs is 1. The third-order valence-corrected chi connectivity index (χ3v) is 5.20. The van der Waals surface area contributed by atoms with Gasteiger partial charge in [-0.1, -0.05) is 36.4 Å². The van der Waals surface area contributed by atoms with E-state index in [1.54, 1.807) is 74.5 Å². The maximum absolute atomic E-state index is 12.4. The minimum absolute atomic E-state index is 0.347. The predicted octanol–water partition coefficient (Wildman–Crippen LogP) is 2.31. The van der Waals surface area contributed by atoms with E-state index in [1.165, 1.54) is 0 Å². The minimum atomic E-state index is -1.54. The van der Waals surface area contributed by atoms with Crippen LogP contribution in [-0.2, 0) is 23.7 Å². The number of aliphatic hydroxyl groups excluding tert-OH is 1. The van der Waals surface area contributed by atoms with Gasteiger partial charge in [-0.05, 0) is 38.1 Å². The van der Waals surface area contributed by atoms with Crippen molar-refractivity contribution in [3.05, 3.63) is 71.8 Å². The highest BCUT2D eigenvalue weighted by Gasteiger charge is 2.62. The van der Waals surface area contributed by atoms with Gasteiger partial charge in [0, 0.05) is 0 Å². The van der Waals surface area contributed by atoms with E-state index in [0.29, 0.717) is 11.1 Å². The van der Waals surface area contributed by atoms with Crippen molar-refractivity contribution in [2.24, 2.45) is 0 Å². The molecule has 0 spiro atoms. The molecular formula is C23H24O8. The van der Waals surface area contributed by atoms with Gasteiger partial charge in [-0.2, -0.15) is 0 Å². The second kappa shape index (κ2) is 8.39. The van der Waals surface area contributed by atoms with E-state index >= 15 is 0 Å². The molecule has 2 fully saturated rings. The molecule has 164 valence electrons. The molecule has 2 heterocycles. The first-order valence-electron chi connectivity index (χ1n) is 9.96. The van der Waals surface area contributed by atoms with Crippen molar-refractivity contribution in [1.29, 1.82) is 0 Å². The Morgan fingerprint density at radius 1 is 0.839 bits per heavy atom. The van der Waals surface area contributed by atoms with E-state index in [0.717, 1.165) is 0 Å². The molecule has 2 aromatic carbocycles. The molecule has 0 saturated carbocycles. The molecule has 8 nitrogen and oxygen atoms in total. The summed E-state index contributed by atoms with van der Waals surface area (Å²) in [5.74, 6) is -2.13. The molecule has 0 radical (unpaired) electrons. The molecular weight excluding hydrogens is 404 g/mol. The standard InChI is InChI=1S/C23H24O8/c1-22(2)29-17-18(24)23(31-21(17)30-22,13-27-19(25)15-9-5-3-6-10-15)14-28-20(26)16-11-7-4-8-12-16/h3-12,17-18,21,24H,13-14H2,1-2H3. The Bertz CT molecular complexity index is 872. The molecule has 0 aliphatic carbocycles. The van der Waals surface area contributed by atoms with Gasteiger partial charge in [-0.15, -0.1) is 0 Å². The van der Waals surface area contributed by atoms with Crippen LogP contribution in [0.2, 0.25) is 0 Å². The summed E-state index contributed by atoms with van der Waals surface area (Å²) in [5, 5.41) is 11.0. The van der Waals surface area contributed by atoms with Gasteiger partial charge in [0.25, 0.3) is 0 Å². The number of benzene rings is 2. The molecule has 4 rings (SSSR count). The minimum Gasteiger partial charge on any atom is -0.459 e. The van der Waals surface area contributed by atoms with Crippen LogP contribution in [0, 0.1) is 0 Å². The lowest BCUT2D eigenvalue weighted by Crippen LogP contribution is -2.52.